The Morgan fingerprint density at radius 2 is 1.70 bits per heavy atom. The van der Waals surface area contributed by atoms with Crippen LogP contribution in [0.2, 0.25) is 0 Å². The number of hydrogen-bond donors (Lipinski definition) is 0. The van der Waals surface area contributed by atoms with Crippen molar-refractivity contribution in [1.82, 2.24) is 4.98 Å². The second kappa shape index (κ2) is 9.04. The molecule has 2 rings (SSSR count). The Morgan fingerprint density at radius 3 is 2.30 bits per heavy atom. The van der Waals surface area contributed by atoms with Gasteiger partial charge in [0.2, 0.25) is 0 Å². The quantitative estimate of drug-likeness (QED) is 0.667. The highest BCUT2D eigenvalue weighted by atomic mass is 35.5. The molecule has 1 heterocycles. The summed E-state index contributed by atoms with van der Waals surface area (Å²) in [5.74, 6) is 1.78. The Morgan fingerprint density at radius 1 is 1.05 bits per heavy atom. The first-order chi connectivity index (χ1) is 9.29. The molecule has 1 nitrogen and oxygen atoms in total. The molecule has 0 saturated heterocycles. The number of rotatable bonds is 6. The summed E-state index contributed by atoms with van der Waals surface area (Å²) in [6, 6.07) is 13.2. The number of aryl methyl sites for hydroxylation is 1. The lowest BCUT2D eigenvalue weighted by Crippen LogP contribution is -1.91. The van der Waals surface area contributed by atoms with Gasteiger partial charge in [0.25, 0.3) is 0 Å². The standard InChI is InChI=1S/C17H21NS.ClH/c1-3-14(2)16-4-6-17(7-5-16)19-13-10-15-8-11-18-12-9-15;/h4-9,11-12,14H,3,10,13H2,1-2H3;1H. The zero-order valence-corrected chi connectivity index (χ0v) is 13.7. The van der Waals surface area contributed by atoms with E-state index in [-0.39, 0.29) is 12.4 Å². The first-order valence-electron chi connectivity index (χ1n) is 6.91. The second-order valence-corrected chi connectivity index (χ2v) is 6.00. The van der Waals surface area contributed by atoms with Crippen molar-refractivity contribution in [1.29, 1.82) is 0 Å². The second-order valence-electron chi connectivity index (χ2n) is 4.83. The van der Waals surface area contributed by atoms with Gasteiger partial charge in [-0.1, -0.05) is 26.0 Å². The number of thioether (sulfide) groups is 1. The molecule has 1 aromatic heterocycles. The predicted octanol–water partition coefficient (Wildman–Crippen LogP) is 5.35. The Kier molecular flexibility index (Phi) is 7.71. The minimum absolute atomic E-state index is 0. The van der Waals surface area contributed by atoms with Gasteiger partial charge >= 0.3 is 0 Å². The third-order valence-electron chi connectivity index (χ3n) is 3.47. The predicted molar refractivity (Wildman–Crippen MR) is 91.1 cm³/mol. The third kappa shape index (κ3) is 5.18. The van der Waals surface area contributed by atoms with Gasteiger partial charge in [-0.25, -0.2) is 0 Å². The highest BCUT2D eigenvalue weighted by molar-refractivity contribution is 7.99. The largest absolute Gasteiger partial charge is 0.265 e. The number of hydrogen-bond acceptors (Lipinski definition) is 2. The maximum Gasteiger partial charge on any atom is 0.0270 e. The summed E-state index contributed by atoms with van der Waals surface area (Å²) >= 11 is 1.92. The summed E-state index contributed by atoms with van der Waals surface area (Å²) in [6.45, 7) is 4.52. The van der Waals surface area contributed by atoms with Crippen molar-refractivity contribution < 1.29 is 0 Å². The summed E-state index contributed by atoms with van der Waals surface area (Å²) < 4.78 is 0. The van der Waals surface area contributed by atoms with E-state index in [2.05, 4.69) is 55.2 Å². The van der Waals surface area contributed by atoms with Gasteiger partial charge in [-0.05, 0) is 54.2 Å². The van der Waals surface area contributed by atoms with Gasteiger partial charge in [0.05, 0.1) is 0 Å². The molecular weight excluding hydrogens is 286 g/mol. The van der Waals surface area contributed by atoms with Crippen LogP contribution in [-0.4, -0.2) is 10.7 Å². The molecule has 0 saturated carbocycles. The molecule has 2 aromatic rings. The van der Waals surface area contributed by atoms with Gasteiger partial charge in [-0.3, -0.25) is 4.98 Å². The van der Waals surface area contributed by atoms with Crippen LogP contribution in [0.1, 0.15) is 37.3 Å². The molecule has 0 aliphatic carbocycles. The van der Waals surface area contributed by atoms with E-state index in [1.165, 1.54) is 22.4 Å². The Hall–Kier alpha value is -0.990. The molecule has 0 amide bonds. The van der Waals surface area contributed by atoms with Crippen LogP contribution in [-0.2, 0) is 6.42 Å². The van der Waals surface area contributed by atoms with E-state index in [9.17, 15) is 0 Å². The fourth-order valence-corrected chi connectivity index (χ4v) is 2.87. The molecule has 0 fully saturated rings. The first kappa shape index (κ1) is 17.1. The summed E-state index contributed by atoms with van der Waals surface area (Å²) in [4.78, 5) is 5.40. The highest BCUT2D eigenvalue weighted by Gasteiger charge is 2.02. The average molecular weight is 308 g/mol. The molecule has 3 heteroatoms. The van der Waals surface area contributed by atoms with Crippen LogP contribution in [0.25, 0.3) is 0 Å². The van der Waals surface area contributed by atoms with Crippen molar-refractivity contribution >= 4 is 24.2 Å². The first-order valence-corrected chi connectivity index (χ1v) is 7.90. The molecule has 0 aliphatic heterocycles. The van der Waals surface area contributed by atoms with E-state index in [0.29, 0.717) is 5.92 Å². The van der Waals surface area contributed by atoms with E-state index >= 15 is 0 Å². The van der Waals surface area contributed by atoms with Gasteiger partial charge in [-0.15, -0.1) is 24.2 Å². The van der Waals surface area contributed by atoms with Crippen molar-refractivity contribution in [2.45, 2.75) is 37.5 Å². The topological polar surface area (TPSA) is 12.9 Å². The SMILES string of the molecule is CCC(C)c1ccc(SCCc2ccncc2)cc1.Cl. The fraction of sp³-hybridized carbons (Fsp3) is 0.353. The third-order valence-corrected chi connectivity index (χ3v) is 4.48. The monoisotopic (exact) mass is 307 g/mol. The molecule has 20 heavy (non-hydrogen) atoms. The van der Waals surface area contributed by atoms with Gasteiger partial charge in [0.1, 0.15) is 0 Å². The van der Waals surface area contributed by atoms with Crippen molar-refractivity contribution in [3.63, 3.8) is 0 Å². The zero-order valence-electron chi connectivity index (χ0n) is 12.1. The van der Waals surface area contributed by atoms with Crippen LogP contribution in [0.4, 0.5) is 0 Å². The molecule has 0 radical (unpaired) electrons. The number of pyridine rings is 1. The van der Waals surface area contributed by atoms with E-state index in [0.717, 1.165) is 12.2 Å². The highest BCUT2D eigenvalue weighted by Crippen LogP contribution is 2.24. The van der Waals surface area contributed by atoms with Crippen LogP contribution in [0.5, 0.6) is 0 Å². The van der Waals surface area contributed by atoms with Gasteiger partial charge in [0, 0.05) is 23.0 Å². The van der Waals surface area contributed by atoms with Crippen molar-refractivity contribution in [3.05, 3.63) is 59.9 Å². The van der Waals surface area contributed by atoms with Crippen LogP contribution < -0.4 is 0 Å². The van der Waals surface area contributed by atoms with E-state index in [1.807, 2.05) is 24.2 Å². The maximum absolute atomic E-state index is 4.04. The number of aromatic nitrogens is 1. The number of nitrogens with zero attached hydrogens (tertiary/aromatic N) is 1. The van der Waals surface area contributed by atoms with E-state index in [4.69, 9.17) is 0 Å². The van der Waals surface area contributed by atoms with Crippen molar-refractivity contribution in [2.24, 2.45) is 0 Å². The maximum atomic E-state index is 4.04. The molecular formula is C17H22ClNS. The molecule has 1 unspecified atom stereocenters. The van der Waals surface area contributed by atoms with Crippen LogP contribution in [0.15, 0.2) is 53.7 Å². The van der Waals surface area contributed by atoms with E-state index < -0.39 is 0 Å². The molecule has 0 bridgehead atoms. The van der Waals surface area contributed by atoms with Crippen LogP contribution in [0, 0.1) is 0 Å². The Balaban J connectivity index is 0.00000200. The molecule has 0 spiro atoms. The lowest BCUT2D eigenvalue weighted by molar-refractivity contribution is 0.733. The fourth-order valence-electron chi connectivity index (χ4n) is 1.96. The van der Waals surface area contributed by atoms with Crippen LogP contribution >= 0.6 is 24.2 Å². The lowest BCUT2D eigenvalue weighted by Gasteiger charge is -2.09. The van der Waals surface area contributed by atoms with Crippen molar-refractivity contribution in [3.8, 4) is 0 Å². The number of halogens is 1. The van der Waals surface area contributed by atoms with Crippen molar-refractivity contribution in [2.75, 3.05) is 5.75 Å². The normalized spacial score (nSPS) is 11.7. The Labute approximate surface area is 132 Å². The minimum Gasteiger partial charge on any atom is -0.265 e. The smallest absolute Gasteiger partial charge is 0.0270 e. The van der Waals surface area contributed by atoms with E-state index in [1.54, 1.807) is 0 Å². The molecule has 108 valence electrons. The number of benzene rings is 1. The van der Waals surface area contributed by atoms with Gasteiger partial charge in [0.15, 0.2) is 0 Å². The zero-order chi connectivity index (χ0) is 13.5. The summed E-state index contributed by atoms with van der Waals surface area (Å²) in [7, 11) is 0. The molecule has 1 atom stereocenters. The summed E-state index contributed by atoms with van der Waals surface area (Å²) in [6.07, 6.45) is 6.02. The minimum atomic E-state index is 0. The molecule has 0 N–H and O–H groups in total. The van der Waals surface area contributed by atoms with Gasteiger partial charge < -0.3 is 0 Å². The molecule has 1 aromatic carbocycles. The summed E-state index contributed by atoms with van der Waals surface area (Å²) in [5, 5.41) is 0. The Bertz CT molecular complexity index is 484. The molecule has 0 aliphatic rings. The average Bonchev–Trinajstić information content (AvgIpc) is 2.48. The lowest BCUT2D eigenvalue weighted by atomic mass is 9.99. The van der Waals surface area contributed by atoms with Crippen LogP contribution in [0.3, 0.4) is 0 Å². The summed E-state index contributed by atoms with van der Waals surface area (Å²) in [5.41, 5.74) is 2.81. The van der Waals surface area contributed by atoms with Gasteiger partial charge in [-0.2, -0.15) is 0 Å².